The molecule has 0 bridgehead atoms. The average Bonchev–Trinajstić information content (AvgIpc) is 0. The minimum atomic E-state index is 0. The van der Waals surface area contributed by atoms with Crippen molar-refractivity contribution in [1.29, 1.82) is 0 Å². The summed E-state index contributed by atoms with van der Waals surface area (Å²) < 4.78 is 0. The summed E-state index contributed by atoms with van der Waals surface area (Å²) in [6.45, 7) is 0. The van der Waals surface area contributed by atoms with Gasteiger partial charge in [-0.25, -0.2) is 0 Å². The van der Waals surface area contributed by atoms with E-state index in [1.807, 2.05) is 0 Å². The molecule has 0 spiro atoms. The molecule has 0 heterocycles. The third-order valence-corrected chi connectivity index (χ3v) is 0. The summed E-state index contributed by atoms with van der Waals surface area (Å²) in [7, 11) is 0. The van der Waals surface area contributed by atoms with Crippen LogP contribution in [0.1, 0.15) is 0 Å². The van der Waals surface area contributed by atoms with Crippen molar-refractivity contribution < 1.29 is 137 Å². The van der Waals surface area contributed by atoms with Gasteiger partial charge in [-0.2, -0.15) is 0 Å². The second-order valence-electron chi connectivity index (χ2n) is 0. The third-order valence-electron chi connectivity index (χ3n) is 0. The molecule has 0 saturated carbocycles. The standard InChI is InChI=1S/Mo.2Rb.4S/q;2*+1;4*-2. The third kappa shape index (κ3) is 33.9. The summed E-state index contributed by atoms with van der Waals surface area (Å²) in [5.41, 5.74) is 0. The normalized spacial score (nSPS) is 0. The van der Waals surface area contributed by atoms with Gasteiger partial charge in [0.05, 0.1) is 0 Å². The van der Waals surface area contributed by atoms with Crippen LogP contribution in [0.4, 0.5) is 0 Å². The molecule has 0 aliphatic carbocycles. The van der Waals surface area contributed by atoms with Crippen molar-refractivity contribution in [3.05, 3.63) is 0 Å². The molecule has 0 amide bonds. The predicted octanol–water partition coefficient (Wildman–Crippen LogP) is -6.00. The fourth-order valence-corrected chi connectivity index (χ4v) is 0. The van der Waals surface area contributed by atoms with E-state index in [4.69, 9.17) is 0 Å². The largest absolute Gasteiger partial charge is 2.00 e. The summed E-state index contributed by atoms with van der Waals surface area (Å²) in [5.74, 6) is 0. The summed E-state index contributed by atoms with van der Waals surface area (Å²) in [6, 6.07) is 0. The van der Waals surface area contributed by atoms with Crippen LogP contribution >= 0.6 is 0 Å². The maximum Gasteiger partial charge on any atom is 1.00 e. The van der Waals surface area contributed by atoms with Gasteiger partial charge in [-0.05, 0) is 0 Å². The molecule has 0 aromatic heterocycles. The molecule has 0 aliphatic heterocycles. The van der Waals surface area contributed by atoms with Crippen LogP contribution in [0.15, 0.2) is 0 Å². The Morgan fingerprint density at radius 1 is 0.429 bits per heavy atom. The molecule has 0 fully saturated rings. The predicted molar refractivity (Wildman–Crippen MR) is 29.5 cm³/mol. The SMILES string of the molecule is [Mo].[Rb+].[Rb+].[S-2].[S-2].[S-2].[S-2]. The molecule has 0 rings (SSSR count). The molecule has 7 heavy (non-hydrogen) atoms. The number of hydrogen-bond acceptors (Lipinski definition) is 0. The first-order chi connectivity index (χ1) is 0. The zero-order valence-electron chi connectivity index (χ0n) is 4.04. The van der Waals surface area contributed by atoms with Crippen LogP contribution in [0.2, 0.25) is 0 Å². The van der Waals surface area contributed by atoms with Crippen LogP contribution < -0.4 is 116 Å². The first kappa shape index (κ1) is 53.5. The summed E-state index contributed by atoms with van der Waals surface area (Å²) in [6.07, 6.45) is 0. The minimum absolute atomic E-state index is 0. The Morgan fingerprint density at radius 3 is 0.429 bits per heavy atom. The molecular weight excluding hydrogens is 395 g/mol. The van der Waals surface area contributed by atoms with Gasteiger partial charge in [-0.3, -0.25) is 0 Å². The molecule has 0 radical (unpaired) electrons. The molecule has 7 heteroatoms. The van der Waals surface area contributed by atoms with E-state index in [1.54, 1.807) is 0 Å². The quantitative estimate of drug-likeness (QED) is 0.359. The van der Waals surface area contributed by atoms with E-state index in [0.29, 0.717) is 0 Å². The Balaban J connectivity index is 0. The van der Waals surface area contributed by atoms with Crippen LogP contribution in [0.25, 0.3) is 0 Å². The second kappa shape index (κ2) is 41.2. The van der Waals surface area contributed by atoms with E-state index < -0.39 is 0 Å². The van der Waals surface area contributed by atoms with Gasteiger partial charge in [0.25, 0.3) is 0 Å². The average molecular weight is 395 g/mol. The molecule has 0 N–H and O–H groups in total. The molecule has 0 aromatic rings. The molecule has 0 atom stereocenters. The van der Waals surface area contributed by atoms with Gasteiger partial charge in [0.1, 0.15) is 0 Å². The van der Waals surface area contributed by atoms with Gasteiger partial charge >= 0.3 is 116 Å². The first-order valence-corrected chi connectivity index (χ1v) is 0. The molecule has 0 nitrogen and oxygen atoms in total. The monoisotopic (exact) mass is 396 g/mol. The fraction of sp³-hybridized carbons (Fsp3) is 0. The number of hydrogen-bond donors (Lipinski definition) is 0. The van der Waals surface area contributed by atoms with Gasteiger partial charge in [-0.1, -0.05) is 0 Å². The van der Waals surface area contributed by atoms with Gasteiger partial charge in [0, 0.05) is 21.1 Å². The van der Waals surface area contributed by atoms with Crippen LogP contribution in [0.3, 0.4) is 0 Å². The smallest absolute Gasteiger partial charge is 1.00 e. The maximum atomic E-state index is 0. The Labute approximate surface area is 185 Å². The molecule has 38 valence electrons. The van der Waals surface area contributed by atoms with Crippen molar-refractivity contribution in [2.75, 3.05) is 0 Å². The van der Waals surface area contributed by atoms with Crippen LogP contribution in [0.5, 0.6) is 0 Å². The van der Waals surface area contributed by atoms with Crippen LogP contribution in [-0.4, -0.2) is 0 Å². The zero-order chi connectivity index (χ0) is 0. The second-order valence-corrected chi connectivity index (χ2v) is 0. The van der Waals surface area contributed by atoms with Crippen molar-refractivity contribution in [2.24, 2.45) is 0 Å². The Bertz CT molecular complexity index is 9.65. The summed E-state index contributed by atoms with van der Waals surface area (Å²) in [4.78, 5) is 0. The van der Waals surface area contributed by atoms with Crippen LogP contribution in [-0.2, 0) is 75.0 Å². The summed E-state index contributed by atoms with van der Waals surface area (Å²) in [5, 5.41) is 0. The topological polar surface area (TPSA) is 0 Å². The summed E-state index contributed by atoms with van der Waals surface area (Å²) >= 11 is 0. The van der Waals surface area contributed by atoms with E-state index in [1.165, 1.54) is 0 Å². The zero-order valence-corrected chi connectivity index (χ0v) is 19.1. The van der Waals surface area contributed by atoms with Crippen molar-refractivity contribution >= 4 is 54.0 Å². The van der Waals surface area contributed by atoms with Gasteiger partial charge < -0.3 is 54.0 Å². The van der Waals surface area contributed by atoms with Crippen LogP contribution in [0, 0.1) is 0 Å². The van der Waals surface area contributed by atoms with Crippen molar-refractivity contribution in [1.82, 2.24) is 0 Å². The van der Waals surface area contributed by atoms with Crippen molar-refractivity contribution in [3.8, 4) is 0 Å². The van der Waals surface area contributed by atoms with E-state index in [0.717, 1.165) is 0 Å². The van der Waals surface area contributed by atoms with E-state index in [-0.39, 0.29) is 191 Å². The Hall–Kier alpha value is 5.70. The van der Waals surface area contributed by atoms with E-state index >= 15 is 0 Å². The maximum absolute atomic E-state index is 0. The van der Waals surface area contributed by atoms with E-state index in [2.05, 4.69) is 0 Å². The molecule has 0 aliphatic rings. The molecular formula is MoRb2S4-6. The van der Waals surface area contributed by atoms with E-state index in [9.17, 15) is 0 Å². The Kier molecular flexibility index (Phi) is 315. The van der Waals surface area contributed by atoms with Gasteiger partial charge in [0.2, 0.25) is 0 Å². The minimum Gasteiger partial charge on any atom is -2.00 e. The Morgan fingerprint density at radius 2 is 0.429 bits per heavy atom. The van der Waals surface area contributed by atoms with Crippen molar-refractivity contribution in [3.63, 3.8) is 0 Å². The molecule has 0 unspecified atom stereocenters. The van der Waals surface area contributed by atoms with Crippen molar-refractivity contribution in [2.45, 2.75) is 0 Å². The first-order valence-electron chi connectivity index (χ1n) is 0. The molecule has 0 saturated heterocycles. The fourth-order valence-electron chi connectivity index (χ4n) is 0. The number of rotatable bonds is 0. The van der Waals surface area contributed by atoms with Gasteiger partial charge in [0.15, 0.2) is 0 Å². The molecule has 0 aromatic carbocycles. The van der Waals surface area contributed by atoms with Gasteiger partial charge in [-0.15, -0.1) is 0 Å².